The standard InChI is InChI=1S/C13H26O3/c1-3-4-5-6-7-9-15-12-8-10-16-13(12)11(2)14/h11-14H,3-10H2,1-2H3. The Hall–Kier alpha value is -0.120. The van der Waals surface area contributed by atoms with E-state index in [1.54, 1.807) is 6.92 Å². The van der Waals surface area contributed by atoms with E-state index in [2.05, 4.69) is 6.92 Å². The molecule has 1 aliphatic rings. The van der Waals surface area contributed by atoms with E-state index in [-0.39, 0.29) is 12.2 Å². The van der Waals surface area contributed by atoms with Crippen LogP contribution in [0.3, 0.4) is 0 Å². The molecular formula is C13H26O3. The van der Waals surface area contributed by atoms with E-state index in [1.807, 2.05) is 0 Å². The Bertz CT molecular complexity index is 171. The van der Waals surface area contributed by atoms with E-state index in [0.29, 0.717) is 0 Å². The first kappa shape index (κ1) is 13.9. The van der Waals surface area contributed by atoms with Crippen LogP contribution in [0.15, 0.2) is 0 Å². The Morgan fingerprint density at radius 2 is 2.06 bits per heavy atom. The van der Waals surface area contributed by atoms with Crippen LogP contribution in [0.25, 0.3) is 0 Å². The summed E-state index contributed by atoms with van der Waals surface area (Å²) in [6, 6.07) is 0. The number of aliphatic hydroxyl groups is 1. The lowest BCUT2D eigenvalue weighted by atomic mass is 10.1. The molecule has 0 spiro atoms. The summed E-state index contributed by atoms with van der Waals surface area (Å²) >= 11 is 0. The van der Waals surface area contributed by atoms with Crippen molar-refractivity contribution in [2.24, 2.45) is 0 Å². The minimum Gasteiger partial charge on any atom is -0.391 e. The fourth-order valence-corrected chi connectivity index (χ4v) is 2.16. The van der Waals surface area contributed by atoms with Crippen molar-refractivity contribution in [3.05, 3.63) is 0 Å². The van der Waals surface area contributed by atoms with Crippen LogP contribution in [0, 0.1) is 0 Å². The normalized spacial score (nSPS) is 27.2. The van der Waals surface area contributed by atoms with E-state index in [1.165, 1.54) is 25.7 Å². The zero-order valence-corrected chi connectivity index (χ0v) is 10.7. The largest absolute Gasteiger partial charge is 0.391 e. The molecule has 1 fully saturated rings. The molecule has 0 amide bonds. The van der Waals surface area contributed by atoms with Crippen molar-refractivity contribution in [2.75, 3.05) is 13.2 Å². The van der Waals surface area contributed by atoms with Gasteiger partial charge in [0.15, 0.2) is 0 Å². The SMILES string of the molecule is CCCCCCCOC1CCOC1C(C)O. The van der Waals surface area contributed by atoms with Crippen molar-refractivity contribution in [2.45, 2.75) is 70.7 Å². The number of unbranched alkanes of at least 4 members (excludes halogenated alkanes) is 4. The second kappa shape index (κ2) is 8.04. The summed E-state index contributed by atoms with van der Waals surface area (Å²) in [5.74, 6) is 0. The highest BCUT2D eigenvalue weighted by Crippen LogP contribution is 2.20. The maximum atomic E-state index is 9.49. The first-order chi connectivity index (χ1) is 7.75. The van der Waals surface area contributed by atoms with Crippen LogP contribution in [-0.4, -0.2) is 36.6 Å². The smallest absolute Gasteiger partial charge is 0.109 e. The maximum absolute atomic E-state index is 9.49. The summed E-state index contributed by atoms with van der Waals surface area (Å²) < 4.78 is 11.2. The van der Waals surface area contributed by atoms with Gasteiger partial charge in [-0.3, -0.25) is 0 Å². The number of hydrogen-bond acceptors (Lipinski definition) is 3. The van der Waals surface area contributed by atoms with E-state index >= 15 is 0 Å². The first-order valence-electron chi connectivity index (χ1n) is 6.67. The number of hydrogen-bond donors (Lipinski definition) is 1. The Labute approximate surface area is 99.1 Å². The van der Waals surface area contributed by atoms with Crippen LogP contribution in [0.4, 0.5) is 0 Å². The average Bonchev–Trinajstić information content (AvgIpc) is 2.71. The Morgan fingerprint density at radius 1 is 1.31 bits per heavy atom. The highest BCUT2D eigenvalue weighted by molar-refractivity contribution is 4.80. The zero-order chi connectivity index (χ0) is 11.8. The lowest BCUT2D eigenvalue weighted by Gasteiger charge is -2.21. The van der Waals surface area contributed by atoms with E-state index in [0.717, 1.165) is 26.1 Å². The molecule has 1 N–H and O–H groups in total. The third kappa shape index (κ3) is 4.81. The Kier molecular flexibility index (Phi) is 7.01. The van der Waals surface area contributed by atoms with E-state index < -0.39 is 6.10 Å². The topological polar surface area (TPSA) is 38.7 Å². The minimum atomic E-state index is -0.424. The van der Waals surface area contributed by atoms with E-state index in [4.69, 9.17) is 9.47 Å². The van der Waals surface area contributed by atoms with Crippen LogP contribution in [0.1, 0.15) is 52.4 Å². The van der Waals surface area contributed by atoms with Gasteiger partial charge in [0.2, 0.25) is 0 Å². The van der Waals surface area contributed by atoms with Crippen LogP contribution in [-0.2, 0) is 9.47 Å². The van der Waals surface area contributed by atoms with Gasteiger partial charge >= 0.3 is 0 Å². The molecule has 0 aromatic carbocycles. The van der Waals surface area contributed by atoms with Gasteiger partial charge in [0.25, 0.3) is 0 Å². The van der Waals surface area contributed by atoms with Crippen LogP contribution in [0.5, 0.6) is 0 Å². The van der Waals surface area contributed by atoms with Gasteiger partial charge in [-0.05, 0) is 19.8 Å². The molecule has 0 bridgehead atoms. The van der Waals surface area contributed by atoms with Gasteiger partial charge in [0.05, 0.1) is 12.2 Å². The predicted molar refractivity (Wildman–Crippen MR) is 64.5 cm³/mol. The molecule has 1 saturated heterocycles. The molecule has 1 heterocycles. The summed E-state index contributed by atoms with van der Waals surface area (Å²) in [6.07, 6.45) is 6.77. The van der Waals surface area contributed by atoms with Gasteiger partial charge in [-0.2, -0.15) is 0 Å². The van der Waals surface area contributed by atoms with Gasteiger partial charge in [-0.1, -0.05) is 32.6 Å². The fraction of sp³-hybridized carbons (Fsp3) is 1.00. The van der Waals surface area contributed by atoms with Crippen LogP contribution < -0.4 is 0 Å². The van der Waals surface area contributed by atoms with Gasteiger partial charge in [0.1, 0.15) is 6.10 Å². The second-order valence-corrected chi connectivity index (χ2v) is 4.69. The lowest BCUT2D eigenvalue weighted by molar-refractivity contribution is -0.0642. The second-order valence-electron chi connectivity index (χ2n) is 4.69. The summed E-state index contributed by atoms with van der Waals surface area (Å²) in [7, 11) is 0. The Morgan fingerprint density at radius 3 is 2.75 bits per heavy atom. The van der Waals surface area contributed by atoms with Crippen molar-refractivity contribution < 1.29 is 14.6 Å². The summed E-state index contributed by atoms with van der Waals surface area (Å²) in [4.78, 5) is 0. The molecule has 0 radical (unpaired) electrons. The molecule has 3 heteroatoms. The van der Waals surface area contributed by atoms with Crippen molar-refractivity contribution in [3.8, 4) is 0 Å². The van der Waals surface area contributed by atoms with E-state index in [9.17, 15) is 5.11 Å². The Balaban J connectivity index is 2.03. The number of aliphatic hydroxyl groups excluding tert-OH is 1. The minimum absolute atomic E-state index is 0.103. The molecule has 3 atom stereocenters. The van der Waals surface area contributed by atoms with Crippen molar-refractivity contribution in [3.63, 3.8) is 0 Å². The quantitative estimate of drug-likeness (QED) is 0.651. The van der Waals surface area contributed by atoms with Gasteiger partial charge in [-0.25, -0.2) is 0 Å². The molecule has 0 aromatic rings. The average molecular weight is 230 g/mol. The monoisotopic (exact) mass is 230 g/mol. The van der Waals surface area contributed by atoms with Crippen molar-refractivity contribution >= 4 is 0 Å². The molecule has 16 heavy (non-hydrogen) atoms. The molecule has 96 valence electrons. The van der Waals surface area contributed by atoms with Gasteiger partial charge in [0, 0.05) is 13.2 Å². The van der Waals surface area contributed by atoms with Crippen molar-refractivity contribution in [1.29, 1.82) is 0 Å². The third-order valence-electron chi connectivity index (χ3n) is 3.13. The van der Waals surface area contributed by atoms with Crippen LogP contribution >= 0.6 is 0 Å². The lowest BCUT2D eigenvalue weighted by Crippen LogP contribution is -2.34. The molecule has 0 aromatic heterocycles. The zero-order valence-electron chi connectivity index (χ0n) is 10.7. The molecule has 3 unspecified atom stereocenters. The van der Waals surface area contributed by atoms with Crippen molar-refractivity contribution in [1.82, 2.24) is 0 Å². The maximum Gasteiger partial charge on any atom is 0.109 e. The van der Waals surface area contributed by atoms with Gasteiger partial charge < -0.3 is 14.6 Å². The summed E-state index contributed by atoms with van der Waals surface area (Å²) in [6.45, 7) is 5.52. The molecule has 3 nitrogen and oxygen atoms in total. The molecule has 1 aliphatic heterocycles. The first-order valence-corrected chi connectivity index (χ1v) is 6.67. The third-order valence-corrected chi connectivity index (χ3v) is 3.13. The summed E-state index contributed by atoms with van der Waals surface area (Å²) in [5.41, 5.74) is 0. The number of rotatable bonds is 8. The highest BCUT2D eigenvalue weighted by atomic mass is 16.6. The summed E-state index contributed by atoms with van der Waals surface area (Å²) in [5, 5.41) is 9.49. The number of ether oxygens (including phenoxy) is 2. The molecule has 0 saturated carbocycles. The molecule has 1 rings (SSSR count). The fourth-order valence-electron chi connectivity index (χ4n) is 2.16. The molecular weight excluding hydrogens is 204 g/mol. The predicted octanol–water partition coefficient (Wildman–Crippen LogP) is 2.51. The van der Waals surface area contributed by atoms with Crippen LogP contribution in [0.2, 0.25) is 0 Å². The molecule has 0 aliphatic carbocycles. The van der Waals surface area contributed by atoms with Gasteiger partial charge in [-0.15, -0.1) is 0 Å². The highest BCUT2D eigenvalue weighted by Gasteiger charge is 2.32.